The summed E-state index contributed by atoms with van der Waals surface area (Å²) in [5.74, 6) is -1.44. The molecular formula is C10H17N3O5S. The van der Waals surface area contributed by atoms with Gasteiger partial charge in [0.15, 0.2) is 5.69 Å². The number of aliphatic hydroxyl groups is 1. The van der Waals surface area contributed by atoms with E-state index in [1.165, 1.54) is 13.8 Å². The molecule has 19 heavy (non-hydrogen) atoms. The Bertz CT molecular complexity index is 574. The van der Waals surface area contributed by atoms with Gasteiger partial charge in [0.2, 0.25) is 10.0 Å². The molecule has 1 aromatic rings. The highest BCUT2D eigenvalue weighted by molar-refractivity contribution is 7.89. The van der Waals surface area contributed by atoms with E-state index in [-0.39, 0.29) is 5.69 Å². The average molecular weight is 291 g/mol. The molecule has 0 saturated carbocycles. The molecule has 0 bridgehead atoms. The molecule has 0 amide bonds. The number of hydrogen-bond acceptors (Lipinski definition) is 5. The maximum absolute atomic E-state index is 12.2. The van der Waals surface area contributed by atoms with Gasteiger partial charge in [0.1, 0.15) is 4.90 Å². The first kappa shape index (κ1) is 15.6. The van der Waals surface area contributed by atoms with Gasteiger partial charge in [-0.15, -0.1) is 0 Å². The predicted octanol–water partition coefficient (Wildman–Crippen LogP) is -0.144. The lowest BCUT2D eigenvalue weighted by Crippen LogP contribution is -2.48. The van der Waals surface area contributed by atoms with E-state index in [9.17, 15) is 18.3 Å². The van der Waals surface area contributed by atoms with Gasteiger partial charge in [0.05, 0.1) is 17.8 Å². The number of hydrogen-bond donors (Lipinski definition) is 4. The van der Waals surface area contributed by atoms with Crippen molar-refractivity contribution >= 4 is 16.0 Å². The molecule has 108 valence electrons. The monoisotopic (exact) mass is 291 g/mol. The molecule has 8 nitrogen and oxygen atoms in total. The second-order valence-corrected chi connectivity index (χ2v) is 6.13. The third-order valence-corrected chi connectivity index (χ3v) is 4.67. The van der Waals surface area contributed by atoms with Gasteiger partial charge in [-0.25, -0.2) is 17.9 Å². The molecule has 0 radical (unpaired) electrons. The molecule has 9 heteroatoms. The number of aryl methyl sites for hydroxylation is 1. The van der Waals surface area contributed by atoms with Crippen LogP contribution < -0.4 is 4.72 Å². The zero-order valence-corrected chi connectivity index (χ0v) is 11.7. The van der Waals surface area contributed by atoms with Gasteiger partial charge in [-0.2, -0.15) is 5.10 Å². The largest absolute Gasteiger partial charge is 0.476 e. The van der Waals surface area contributed by atoms with E-state index >= 15 is 0 Å². The van der Waals surface area contributed by atoms with Gasteiger partial charge in [-0.3, -0.25) is 5.10 Å². The van der Waals surface area contributed by atoms with Crippen molar-refractivity contribution in [2.45, 2.75) is 37.6 Å². The molecule has 0 saturated heterocycles. The number of nitrogens with one attached hydrogen (secondary N) is 2. The van der Waals surface area contributed by atoms with E-state index in [0.717, 1.165) is 0 Å². The van der Waals surface area contributed by atoms with Crippen LogP contribution >= 0.6 is 0 Å². The lowest BCUT2D eigenvalue weighted by molar-refractivity contribution is 0.0686. The maximum atomic E-state index is 12.2. The quantitative estimate of drug-likeness (QED) is 0.576. The van der Waals surface area contributed by atoms with Crippen LogP contribution in [0.3, 0.4) is 0 Å². The van der Waals surface area contributed by atoms with Crippen LogP contribution in [0.4, 0.5) is 0 Å². The maximum Gasteiger partial charge on any atom is 0.357 e. The number of carboxylic acid groups (broad SMARTS) is 1. The Morgan fingerprint density at radius 2 is 2.11 bits per heavy atom. The first-order valence-corrected chi connectivity index (χ1v) is 7.08. The van der Waals surface area contributed by atoms with Crippen molar-refractivity contribution in [3.63, 3.8) is 0 Å². The first-order valence-electron chi connectivity index (χ1n) is 5.60. The van der Waals surface area contributed by atoms with Gasteiger partial charge in [-0.05, 0) is 20.3 Å². The van der Waals surface area contributed by atoms with Gasteiger partial charge < -0.3 is 10.2 Å². The highest BCUT2D eigenvalue weighted by Crippen LogP contribution is 2.20. The summed E-state index contributed by atoms with van der Waals surface area (Å²) in [6, 6.07) is 0. The number of aromatic nitrogens is 2. The number of aliphatic hydroxyl groups excluding tert-OH is 1. The molecule has 0 aromatic carbocycles. The highest BCUT2D eigenvalue weighted by atomic mass is 32.2. The number of H-pyrrole nitrogens is 1. The summed E-state index contributed by atoms with van der Waals surface area (Å²) in [5.41, 5.74) is -1.50. The van der Waals surface area contributed by atoms with Crippen molar-refractivity contribution in [1.29, 1.82) is 0 Å². The summed E-state index contributed by atoms with van der Waals surface area (Å²) in [5, 5.41) is 23.9. The fourth-order valence-corrected chi connectivity index (χ4v) is 3.28. The van der Waals surface area contributed by atoms with E-state index in [4.69, 9.17) is 5.11 Å². The number of rotatable bonds is 6. The smallest absolute Gasteiger partial charge is 0.357 e. The lowest BCUT2D eigenvalue weighted by Gasteiger charge is -2.26. The van der Waals surface area contributed by atoms with E-state index in [1.807, 2.05) is 0 Å². The van der Waals surface area contributed by atoms with Crippen molar-refractivity contribution in [3.05, 3.63) is 11.4 Å². The number of aromatic amines is 1. The van der Waals surface area contributed by atoms with Crippen molar-refractivity contribution in [3.8, 4) is 0 Å². The Morgan fingerprint density at radius 1 is 1.53 bits per heavy atom. The average Bonchev–Trinajstić information content (AvgIpc) is 2.71. The number of aromatic carboxylic acids is 1. The van der Waals surface area contributed by atoms with Crippen molar-refractivity contribution in [2.24, 2.45) is 0 Å². The standard InChI is InChI=1S/C10H17N3O5S/c1-4-10(3,5-14)13-19(17,18)8-6(2)11-12-7(8)9(15)16/h13-14H,4-5H2,1-3H3,(H,11,12)(H,15,16). The minimum Gasteiger partial charge on any atom is -0.476 e. The van der Waals surface area contributed by atoms with Crippen molar-refractivity contribution in [2.75, 3.05) is 6.61 Å². The van der Waals surface area contributed by atoms with E-state index in [1.54, 1.807) is 6.92 Å². The lowest BCUT2D eigenvalue weighted by atomic mass is 10.0. The van der Waals surface area contributed by atoms with Crippen LogP contribution in [0.15, 0.2) is 4.90 Å². The second-order valence-electron chi connectivity index (χ2n) is 4.51. The van der Waals surface area contributed by atoms with Gasteiger partial charge in [0.25, 0.3) is 0 Å². The Morgan fingerprint density at radius 3 is 2.53 bits per heavy atom. The molecule has 0 spiro atoms. The topological polar surface area (TPSA) is 132 Å². The normalized spacial score (nSPS) is 15.2. The molecule has 1 atom stereocenters. The Hall–Kier alpha value is -1.45. The molecule has 1 rings (SSSR count). The van der Waals surface area contributed by atoms with Crippen LogP contribution in [0, 0.1) is 6.92 Å². The zero-order valence-electron chi connectivity index (χ0n) is 10.9. The minimum atomic E-state index is -4.09. The minimum absolute atomic E-state index is 0.126. The number of carboxylic acids is 1. The number of nitrogens with zero attached hydrogens (tertiary/aromatic N) is 1. The number of carbonyl (C=O) groups is 1. The summed E-state index contributed by atoms with van der Waals surface area (Å²) in [4.78, 5) is 10.6. The third kappa shape index (κ3) is 3.11. The predicted molar refractivity (Wildman–Crippen MR) is 66.4 cm³/mol. The van der Waals surface area contributed by atoms with Gasteiger partial charge in [0, 0.05) is 0 Å². The third-order valence-electron chi connectivity index (χ3n) is 2.87. The highest BCUT2D eigenvalue weighted by Gasteiger charge is 2.34. The molecular weight excluding hydrogens is 274 g/mol. The van der Waals surface area contributed by atoms with E-state index in [0.29, 0.717) is 6.42 Å². The van der Waals surface area contributed by atoms with Crippen molar-refractivity contribution in [1.82, 2.24) is 14.9 Å². The van der Waals surface area contributed by atoms with E-state index < -0.39 is 38.7 Å². The molecule has 1 aromatic heterocycles. The molecule has 1 unspecified atom stereocenters. The molecule has 0 aliphatic carbocycles. The molecule has 4 N–H and O–H groups in total. The summed E-state index contributed by atoms with van der Waals surface area (Å²) in [6.07, 6.45) is 0.349. The SMILES string of the molecule is CCC(C)(CO)NS(=O)(=O)c1c(C(=O)O)n[nH]c1C. The fourth-order valence-electron chi connectivity index (χ4n) is 1.48. The Balaban J connectivity index is 3.29. The van der Waals surface area contributed by atoms with Crippen LogP contribution in [0.25, 0.3) is 0 Å². The fraction of sp³-hybridized carbons (Fsp3) is 0.600. The first-order chi connectivity index (χ1) is 8.67. The molecule has 1 heterocycles. The van der Waals surface area contributed by atoms with Crippen LogP contribution in [-0.4, -0.2) is 46.9 Å². The summed E-state index contributed by atoms with van der Waals surface area (Å²) >= 11 is 0. The van der Waals surface area contributed by atoms with E-state index in [2.05, 4.69) is 14.9 Å². The Kier molecular flexibility index (Phi) is 4.33. The van der Waals surface area contributed by atoms with Gasteiger partial charge in [-0.1, -0.05) is 6.92 Å². The zero-order chi connectivity index (χ0) is 14.8. The molecule has 0 fully saturated rings. The number of sulfonamides is 1. The molecule has 0 aliphatic heterocycles. The second kappa shape index (κ2) is 5.27. The van der Waals surface area contributed by atoms with Crippen LogP contribution in [0.1, 0.15) is 36.5 Å². The summed E-state index contributed by atoms with van der Waals surface area (Å²) < 4.78 is 26.8. The summed E-state index contributed by atoms with van der Waals surface area (Å²) in [6.45, 7) is 4.25. The molecule has 0 aliphatic rings. The van der Waals surface area contributed by atoms with Crippen molar-refractivity contribution < 1.29 is 23.4 Å². The van der Waals surface area contributed by atoms with Crippen LogP contribution in [-0.2, 0) is 10.0 Å². The Labute approximate surface area is 110 Å². The van der Waals surface area contributed by atoms with Crippen LogP contribution in [0.2, 0.25) is 0 Å². The summed E-state index contributed by atoms with van der Waals surface area (Å²) in [7, 11) is -4.09. The van der Waals surface area contributed by atoms with Gasteiger partial charge >= 0.3 is 5.97 Å². The van der Waals surface area contributed by atoms with Crippen LogP contribution in [0.5, 0.6) is 0 Å².